The zero-order valence-electron chi connectivity index (χ0n) is 14.3. The highest BCUT2D eigenvalue weighted by Crippen LogP contribution is 2.36. The highest BCUT2D eigenvalue weighted by atomic mass is 32.2. The number of rotatable bonds is 6. The number of hydrogen-bond acceptors (Lipinski definition) is 8. The van der Waals surface area contributed by atoms with E-state index in [1.54, 1.807) is 24.3 Å². The minimum Gasteiger partial charge on any atom is -0.494 e. The number of methoxy groups -OCH3 is 1. The summed E-state index contributed by atoms with van der Waals surface area (Å²) >= 11 is 1.04. The number of hydrogen-bond donors (Lipinski definition) is 1. The zero-order valence-corrected chi connectivity index (χ0v) is 15.1. The van der Waals surface area contributed by atoms with Crippen LogP contribution < -0.4 is 10.5 Å². The van der Waals surface area contributed by atoms with Crippen LogP contribution in [0.2, 0.25) is 0 Å². The molecule has 0 aliphatic carbocycles. The van der Waals surface area contributed by atoms with Crippen molar-refractivity contribution in [2.45, 2.75) is 11.9 Å². The zero-order chi connectivity index (χ0) is 19.1. The molecule has 0 aliphatic rings. The average molecular weight is 368 g/mol. The molecule has 1 heterocycles. The van der Waals surface area contributed by atoms with E-state index in [1.165, 1.54) is 7.11 Å². The van der Waals surface area contributed by atoms with Gasteiger partial charge in [0, 0.05) is 5.56 Å². The lowest BCUT2D eigenvalue weighted by Crippen LogP contribution is -2.07. The summed E-state index contributed by atoms with van der Waals surface area (Å²) < 4.78 is 10.0. The average Bonchev–Trinajstić information content (AvgIpc) is 2.66. The summed E-state index contributed by atoms with van der Waals surface area (Å²) in [4.78, 5) is 15.5. The highest BCUT2D eigenvalue weighted by molar-refractivity contribution is 7.99. The first kappa shape index (κ1) is 19.1. The molecule has 2 aromatic rings. The Kier molecular flexibility index (Phi) is 6.42. The summed E-state index contributed by atoms with van der Waals surface area (Å²) in [5, 5.41) is 19.4. The van der Waals surface area contributed by atoms with Crippen molar-refractivity contribution < 1.29 is 14.3 Å². The molecule has 0 unspecified atom stereocenters. The second-order valence-corrected chi connectivity index (χ2v) is 5.94. The number of pyridine rings is 1. The molecule has 0 spiro atoms. The first-order valence-corrected chi connectivity index (χ1v) is 8.60. The summed E-state index contributed by atoms with van der Waals surface area (Å²) in [6.07, 6.45) is 0. The molecule has 0 aliphatic heterocycles. The lowest BCUT2D eigenvalue weighted by molar-refractivity contribution is -0.137. The molecule has 26 heavy (non-hydrogen) atoms. The Bertz CT molecular complexity index is 899. The van der Waals surface area contributed by atoms with Crippen molar-refractivity contribution in [2.75, 3.05) is 25.2 Å². The fourth-order valence-electron chi connectivity index (χ4n) is 2.26. The summed E-state index contributed by atoms with van der Waals surface area (Å²) in [5.41, 5.74) is 7.24. The van der Waals surface area contributed by atoms with E-state index in [0.717, 1.165) is 11.8 Å². The van der Waals surface area contributed by atoms with E-state index in [4.69, 9.17) is 10.5 Å². The molecule has 2 rings (SSSR count). The minimum atomic E-state index is -0.453. The molecule has 0 saturated heterocycles. The van der Waals surface area contributed by atoms with Gasteiger partial charge in [-0.15, -0.1) is 0 Å². The van der Waals surface area contributed by atoms with Gasteiger partial charge in [0.1, 0.15) is 34.3 Å². The number of nitriles is 2. The lowest BCUT2D eigenvalue weighted by atomic mass is 9.97. The van der Waals surface area contributed by atoms with Gasteiger partial charge in [0.15, 0.2) is 0 Å². The van der Waals surface area contributed by atoms with E-state index in [9.17, 15) is 15.3 Å². The fourth-order valence-corrected chi connectivity index (χ4v) is 3.09. The molecule has 1 aromatic heterocycles. The standard InChI is InChI=1S/C18H16N4O3S/c1-3-25-12-6-4-11(5-7-12)16-13(8-19)17(21)22-18(14(16)9-20)26-10-15(23)24-2/h4-7H,3,10H2,1-2H3,(H2,21,22). The number of thioether (sulfide) groups is 1. The molecule has 1 aromatic carbocycles. The van der Waals surface area contributed by atoms with Crippen molar-refractivity contribution >= 4 is 23.5 Å². The van der Waals surface area contributed by atoms with Crippen LogP contribution in [0.4, 0.5) is 5.82 Å². The maximum absolute atomic E-state index is 11.4. The van der Waals surface area contributed by atoms with Crippen LogP contribution in [0.25, 0.3) is 11.1 Å². The van der Waals surface area contributed by atoms with Gasteiger partial charge < -0.3 is 15.2 Å². The van der Waals surface area contributed by atoms with Crippen LogP contribution in [0.15, 0.2) is 29.3 Å². The summed E-state index contributed by atoms with van der Waals surface area (Å²) in [5.74, 6) is 0.205. The van der Waals surface area contributed by atoms with Gasteiger partial charge in [-0.25, -0.2) is 4.98 Å². The number of nitrogens with two attached hydrogens (primary N) is 1. The monoisotopic (exact) mass is 368 g/mol. The van der Waals surface area contributed by atoms with E-state index >= 15 is 0 Å². The molecule has 2 N–H and O–H groups in total. The Morgan fingerprint density at radius 2 is 1.88 bits per heavy atom. The van der Waals surface area contributed by atoms with Crippen molar-refractivity contribution in [3.05, 3.63) is 35.4 Å². The van der Waals surface area contributed by atoms with E-state index in [0.29, 0.717) is 23.5 Å². The van der Waals surface area contributed by atoms with Crippen molar-refractivity contribution in [3.63, 3.8) is 0 Å². The molecular formula is C18H16N4O3S. The third kappa shape index (κ3) is 4.05. The first-order valence-electron chi connectivity index (χ1n) is 7.62. The second kappa shape index (κ2) is 8.75. The Labute approximate surface area is 155 Å². The van der Waals surface area contributed by atoms with E-state index in [-0.39, 0.29) is 27.7 Å². The molecule has 0 saturated carbocycles. The number of aromatic nitrogens is 1. The first-order chi connectivity index (χ1) is 12.5. The lowest BCUT2D eigenvalue weighted by Gasteiger charge is -2.13. The Morgan fingerprint density at radius 1 is 1.23 bits per heavy atom. The second-order valence-electron chi connectivity index (χ2n) is 4.97. The molecule has 7 nitrogen and oxygen atoms in total. The Hall–Kier alpha value is -3.23. The maximum atomic E-state index is 11.4. The topological polar surface area (TPSA) is 122 Å². The molecular weight excluding hydrogens is 352 g/mol. The molecule has 0 amide bonds. The van der Waals surface area contributed by atoms with Crippen LogP contribution in [0.1, 0.15) is 18.1 Å². The van der Waals surface area contributed by atoms with E-state index in [2.05, 4.69) is 15.8 Å². The predicted molar refractivity (Wildman–Crippen MR) is 97.4 cm³/mol. The third-order valence-corrected chi connectivity index (χ3v) is 4.37. The number of carbonyl (C=O) groups excluding carboxylic acids is 1. The maximum Gasteiger partial charge on any atom is 0.316 e. The van der Waals surface area contributed by atoms with Crippen molar-refractivity contribution in [3.8, 4) is 29.0 Å². The normalized spacial score (nSPS) is 9.85. The van der Waals surface area contributed by atoms with E-state index < -0.39 is 5.97 Å². The SMILES string of the molecule is CCOc1ccc(-c2c(C#N)c(N)nc(SCC(=O)OC)c2C#N)cc1. The van der Waals surface area contributed by atoms with Crippen molar-refractivity contribution in [1.82, 2.24) is 4.98 Å². The number of esters is 1. The molecule has 0 atom stereocenters. The number of nitrogens with zero attached hydrogens (tertiary/aromatic N) is 3. The smallest absolute Gasteiger partial charge is 0.316 e. The Balaban J connectivity index is 2.58. The number of nitrogen functional groups attached to an aromatic ring is 1. The van der Waals surface area contributed by atoms with Gasteiger partial charge in [0.25, 0.3) is 0 Å². The molecule has 132 valence electrons. The Morgan fingerprint density at radius 3 is 2.42 bits per heavy atom. The van der Waals surface area contributed by atoms with Crippen LogP contribution in [0.3, 0.4) is 0 Å². The van der Waals surface area contributed by atoms with Gasteiger partial charge in [-0.05, 0) is 24.6 Å². The van der Waals surface area contributed by atoms with Crippen molar-refractivity contribution in [1.29, 1.82) is 10.5 Å². The largest absolute Gasteiger partial charge is 0.494 e. The van der Waals surface area contributed by atoms with Gasteiger partial charge in [-0.3, -0.25) is 4.79 Å². The van der Waals surface area contributed by atoms with Crippen molar-refractivity contribution in [2.24, 2.45) is 0 Å². The van der Waals surface area contributed by atoms with Crippen LogP contribution in [0.5, 0.6) is 5.75 Å². The van der Waals surface area contributed by atoms with Crippen LogP contribution in [0, 0.1) is 22.7 Å². The van der Waals surface area contributed by atoms with Crippen LogP contribution in [-0.4, -0.2) is 30.4 Å². The minimum absolute atomic E-state index is 0.00255. The van der Waals surface area contributed by atoms with E-state index in [1.807, 2.05) is 13.0 Å². The highest BCUT2D eigenvalue weighted by Gasteiger charge is 2.21. The molecule has 0 fully saturated rings. The number of carbonyl (C=O) groups is 1. The predicted octanol–water partition coefficient (Wildman–Crippen LogP) is 2.74. The molecule has 8 heteroatoms. The van der Waals surface area contributed by atoms with Crippen LogP contribution in [-0.2, 0) is 9.53 Å². The molecule has 0 radical (unpaired) electrons. The van der Waals surface area contributed by atoms with Gasteiger partial charge in [-0.1, -0.05) is 23.9 Å². The number of ether oxygens (including phenoxy) is 2. The quantitative estimate of drug-likeness (QED) is 0.610. The van der Waals surface area contributed by atoms with Crippen LogP contribution >= 0.6 is 11.8 Å². The fraction of sp³-hybridized carbons (Fsp3) is 0.222. The summed E-state index contributed by atoms with van der Waals surface area (Å²) in [6.45, 7) is 2.41. The van der Waals surface area contributed by atoms with Gasteiger partial charge >= 0.3 is 5.97 Å². The van der Waals surface area contributed by atoms with Gasteiger partial charge in [-0.2, -0.15) is 10.5 Å². The summed E-state index contributed by atoms with van der Waals surface area (Å²) in [6, 6.07) is 11.1. The number of benzene rings is 1. The van der Waals surface area contributed by atoms with Gasteiger partial charge in [0.05, 0.1) is 25.0 Å². The number of anilines is 1. The third-order valence-electron chi connectivity index (χ3n) is 3.42. The molecule has 0 bridgehead atoms. The van der Waals surface area contributed by atoms with Gasteiger partial charge in [0.2, 0.25) is 0 Å². The summed E-state index contributed by atoms with van der Waals surface area (Å²) in [7, 11) is 1.28.